The zero-order valence-corrected chi connectivity index (χ0v) is 10.4. The largest absolute Gasteiger partial charge is 0.0843 e. The summed E-state index contributed by atoms with van der Waals surface area (Å²) in [7, 11) is 0. The van der Waals surface area contributed by atoms with Crippen molar-refractivity contribution >= 4 is 22.4 Å². The third-order valence-corrected chi connectivity index (χ3v) is 3.91. The second kappa shape index (κ2) is 3.49. The van der Waals surface area contributed by atoms with E-state index in [2.05, 4.69) is 32.0 Å². The van der Waals surface area contributed by atoms with E-state index in [0.717, 1.165) is 10.9 Å². The van der Waals surface area contributed by atoms with E-state index in [-0.39, 0.29) is 0 Å². The minimum absolute atomic E-state index is 0.794. The Balaban J connectivity index is 2.39. The van der Waals surface area contributed by atoms with Gasteiger partial charge in [0.25, 0.3) is 0 Å². The number of hydrogen-bond donors (Lipinski definition) is 0. The summed E-state index contributed by atoms with van der Waals surface area (Å²) < 4.78 is 0. The van der Waals surface area contributed by atoms with Gasteiger partial charge in [-0.05, 0) is 72.2 Å². The summed E-state index contributed by atoms with van der Waals surface area (Å²) in [4.78, 5) is 0. The molecule has 0 atom stereocenters. The van der Waals surface area contributed by atoms with Gasteiger partial charge in [0.2, 0.25) is 0 Å². The molecule has 0 aromatic heterocycles. The molecule has 2 aromatic rings. The van der Waals surface area contributed by atoms with E-state index < -0.39 is 0 Å². The molecule has 0 aliphatic heterocycles. The van der Waals surface area contributed by atoms with Crippen molar-refractivity contribution in [2.24, 2.45) is 0 Å². The molecule has 1 aliphatic carbocycles. The lowest BCUT2D eigenvalue weighted by atomic mass is 9.94. The summed E-state index contributed by atoms with van der Waals surface area (Å²) in [5.74, 6) is 0.794. The third-order valence-electron chi connectivity index (χ3n) is 3.68. The van der Waals surface area contributed by atoms with Crippen molar-refractivity contribution in [2.75, 3.05) is 0 Å². The van der Waals surface area contributed by atoms with Gasteiger partial charge in [-0.3, -0.25) is 0 Å². The standard InChI is InChI=1S/C15H15Cl/c1-9-7-15(11-3-4-11)13-6-5-12(16)8-14(13)10(9)2/h5-8,11H,3-4H2,1-2H3. The van der Waals surface area contributed by atoms with Crippen molar-refractivity contribution in [1.82, 2.24) is 0 Å². The summed E-state index contributed by atoms with van der Waals surface area (Å²) in [6.45, 7) is 4.38. The van der Waals surface area contributed by atoms with Gasteiger partial charge in [0.1, 0.15) is 0 Å². The van der Waals surface area contributed by atoms with E-state index in [0.29, 0.717) is 0 Å². The summed E-state index contributed by atoms with van der Waals surface area (Å²) >= 11 is 6.09. The van der Waals surface area contributed by atoms with Crippen LogP contribution in [0.15, 0.2) is 24.3 Å². The molecule has 0 radical (unpaired) electrons. The van der Waals surface area contributed by atoms with Crippen LogP contribution < -0.4 is 0 Å². The van der Waals surface area contributed by atoms with Crippen LogP contribution in [0.5, 0.6) is 0 Å². The van der Waals surface area contributed by atoms with Crippen LogP contribution in [0.1, 0.15) is 35.4 Å². The Morgan fingerprint density at radius 3 is 2.50 bits per heavy atom. The quantitative estimate of drug-likeness (QED) is 0.648. The van der Waals surface area contributed by atoms with Gasteiger partial charge >= 0.3 is 0 Å². The van der Waals surface area contributed by atoms with Crippen molar-refractivity contribution in [3.8, 4) is 0 Å². The second-order valence-corrected chi connectivity index (χ2v) is 5.31. The Morgan fingerprint density at radius 1 is 1.06 bits per heavy atom. The van der Waals surface area contributed by atoms with Crippen LogP contribution >= 0.6 is 11.6 Å². The average molecular weight is 231 g/mol. The molecule has 16 heavy (non-hydrogen) atoms. The lowest BCUT2D eigenvalue weighted by Gasteiger charge is -2.11. The monoisotopic (exact) mass is 230 g/mol. The molecule has 1 heteroatoms. The molecule has 3 rings (SSSR count). The van der Waals surface area contributed by atoms with Crippen molar-refractivity contribution in [1.29, 1.82) is 0 Å². The van der Waals surface area contributed by atoms with E-state index in [1.807, 2.05) is 6.07 Å². The summed E-state index contributed by atoms with van der Waals surface area (Å²) in [6, 6.07) is 8.65. The van der Waals surface area contributed by atoms with Crippen molar-refractivity contribution in [3.05, 3.63) is 46.0 Å². The fraction of sp³-hybridized carbons (Fsp3) is 0.333. The van der Waals surface area contributed by atoms with Crippen molar-refractivity contribution in [2.45, 2.75) is 32.6 Å². The maximum Gasteiger partial charge on any atom is 0.0412 e. The molecule has 0 heterocycles. The zero-order chi connectivity index (χ0) is 11.3. The summed E-state index contributed by atoms with van der Waals surface area (Å²) in [5.41, 5.74) is 4.27. The Labute approximate surface area is 101 Å². The lowest BCUT2D eigenvalue weighted by molar-refractivity contribution is 1.14. The van der Waals surface area contributed by atoms with Gasteiger partial charge in [0.15, 0.2) is 0 Å². The Kier molecular flexibility index (Phi) is 2.22. The number of benzene rings is 2. The molecule has 0 saturated heterocycles. The molecule has 0 spiro atoms. The van der Waals surface area contributed by atoms with Crippen molar-refractivity contribution < 1.29 is 0 Å². The topological polar surface area (TPSA) is 0 Å². The fourth-order valence-electron chi connectivity index (χ4n) is 2.44. The molecule has 2 aromatic carbocycles. The highest BCUT2D eigenvalue weighted by Gasteiger charge is 2.26. The number of fused-ring (bicyclic) bond motifs is 1. The van der Waals surface area contributed by atoms with Gasteiger partial charge in [0, 0.05) is 5.02 Å². The SMILES string of the molecule is Cc1cc(C2CC2)c2ccc(Cl)cc2c1C. The van der Waals surface area contributed by atoms with Gasteiger partial charge in [-0.15, -0.1) is 0 Å². The third kappa shape index (κ3) is 1.53. The minimum Gasteiger partial charge on any atom is -0.0843 e. The first-order chi connectivity index (χ1) is 7.66. The van der Waals surface area contributed by atoms with Crippen LogP contribution in [0.3, 0.4) is 0 Å². The number of hydrogen-bond acceptors (Lipinski definition) is 0. The Bertz CT molecular complexity index is 565. The first kappa shape index (κ1) is 10.2. The molecule has 0 N–H and O–H groups in total. The van der Waals surface area contributed by atoms with Gasteiger partial charge in [-0.25, -0.2) is 0 Å². The summed E-state index contributed by atoms with van der Waals surface area (Å²) in [5, 5.41) is 3.56. The van der Waals surface area contributed by atoms with Gasteiger partial charge in [-0.1, -0.05) is 23.7 Å². The molecule has 0 amide bonds. The van der Waals surface area contributed by atoms with E-state index in [1.54, 1.807) is 0 Å². The summed E-state index contributed by atoms with van der Waals surface area (Å²) in [6.07, 6.45) is 2.69. The van der Waals surface area contributed by atoms with Gasteiger partial charge < -0.3 is 0 Å². The highest BCUT2D eigenvalue weighted by atomic mass is 35.5. The predicted molar refractivity (Wildman–Crippen MR) is 70.4 cm³/mol. The molecular formula is C15H15Cl. The first-order valence-corrected chi connectivity index (χ1v) is 6.24. The van der Waals surface area contributed by atoms with Crippen molar-refractivity contribution in [3.63, 3.8) is 0 Å². The van der Waals surface area contributed by atoms with Gasteiger partial charge in [0.05, 0.1) is 0 Å². The van der Waals surface area contributed by atoms with Crippen LogP contribution in [0, 0.1) is 13.8 Å². The maximum absolute atomic E-state index is 6.09. The molecular weight excluding hydrogens is 216 g/mol. The second-order valence-electron chi connectivity index (χ2n) is 4.87. The normalized spacial score (nSPS) is 15.7. The maximum atomic E-state index is 6.09. The van der Waals surface area contributed by atoms with E-state index in [9.17, 15) is 0 Å². The smallest absolute Gasteiger partial charge is 0.0412 e. The molecule has 1 fully saturated rings. The Morgan fingerprint density at radius 2 is 1.81 bits per heavy atom. The van der Waals surface area contributed by atoms with Gasteiger partial charge in [-0.2, -0.15) is 0 Å². The number of rotatable bonds is 1. The number of aryl methyl sites for hydroxylation is 2. The van der Waals surface area contributed by atoms with Crippen LogP contribution in [-0.4, -0.2) is 0 Å². The van der Waals surface area contributed by atoms with Crippen LogP contribution in [0.25, 0.3) is 10.8 Å². The molecule has 0 bridgehead atoms. The average Bonchev–Trinajstić information content (AvgIpc) is 3.07. The molecule has 1 saturated carbocycles. The van der Waals surface area contributed by atoms with E-state index in [4.69, 9.17) is 11.6 Å². The lowest BCUT2D eigenvalue weighted by Crippen LogP contribution is -1.90. The predicted octanol–water partition coefficient (Wildman–Crippen LogP) is 4.99. The van der Waals surface area contributed by atoms with Crippen LogP contribution in [0.2, 0.25) is 5.02 Å². The zero-order valence-electron chi connectivity index (χ0n) is 9.68. The Hall–Kier alpha value is -1.01. The van der Waals surface area contributed by atoms with E-state index >= 15 is 0 Å². The molecule has 0 unspecified atom stereocenters. The highest BCUT2D eigenvalue weighted by molar-refractivity contribution is 6.31. The fourth-order valence-corrected chi connectivity index (χ4v) is 2.61. The minimum atomic E-state index is 0.794. The highest BCUT2D eigenvalue weighted by Crippen LogP contribution is 2.44. The molecule has 1 aliphatic rings. The number of halogens is 1. The molecule has 82 valence electrons. The van der Waals surface area contributed by atoms with Crippen LogP contribution in [-0.2, 0) is 0 Å². The first-order valence-electron chi connectivity index (χ1n) is 5.86. The van der Waals surface area contributed by atoms with E-state index in [1.165, 1.54) is 40.3 Å². The molecule has 0 nitrogen and oxygen atoms in total. The van der Waals surface area contributed by atoms with Crippen LogP contribution in [0.4, 0.5) is 0 Å².